The summed E-state index contributed by atoms with van der Waals surface area (Å²) in [6.07, 6.45) is 3.31. The van der Waals surface area contributed by atoms with E-state index < -0.39 is 5.69 Å². The third-order valence-electron chi connectivity index (χ3n) is 6.49. The maximum absolute atomic E-state index is 13.4. The van der Waals surface area contributed by atoms with E-state index in [4.69, 9.17) is 9.72 Å². The SMILES string of the molecule is CCn1c(=O)c2c(nc(N[C@@H]3CCC[C@H]3C)n2Cc2ccc(OC)c(Br)c2)n(CCO)c1=O. The molecule has 2 N–H and O–H groups in total. The Morgan fingerprint density at radius 2 is 2.03 bits per heavy atom. The fraction of sp³-hybridized carbons (Fsp3) is 0.522. The van der Waals surface area contributed by atoms with Gasteiger partial charge in [-0.2, -0.15) is 4.98 Å². The van der Waals surface area contributed by atoms with Crippen molar-refractivity contribution in [1.29, 1.82) is 0 Å². The number of benzene rings is 1. The summed E-state index contributed by atoms with van der Waals surface area (Å²) in [5.74, 6) is 1.77. The first-order valence-corrected chi connectivity index (χ1v) is 12.1. The van der Waals surface area contributed by atoms with Gasteiger partial charge in [0.15, 0.2) is 11.2 Å². The number of hydrogen-bond donors (Lipinski definition) is 2. The van der Waals surface area contributed by atoms with E-state index in [1.807, 2.05) is 22.8 Å². The molecule has 0 aliphatic heterocycles. The molecule has 0 saturated heterocycles. The lowest BCUT2D eigenvalue weighted by Gasteiger charge is -2.19. The van der Waals surface area contributed by atoms with Gasteiger partial charge in [-0.1, -0.05) is 19.4 Å². The van der Waals surface area contributed by atoms with E-state index in [-0.39, 0.29) is 31.3 Å². The first-order chi connectivity index (χ1) is 15.9. The van der Waals surface area contributed by atoms with Crippen LogP contribution in [0.2, 0.25) is 0 Å². The number of rotatable bonds is 8. The van der Waals surface area contributed by atoms with E-state index in [2.05, 4.69) is 28.2 Å². The van der Waals surface area contributed by atoms with Gasteiger partial charge in [0.25, 0.3) is 5.56 Å². The second-order valence-electron chi connectivity index (χ2n) is 8.53. The second-order valence-corrected chi connectivity index (χ2v) is 9.38. The summed E-state index contributed by atoms with van der Waals surface area (Å²) in [6.45, 7) is 4.44. The summed E-state index contributed by atoms with van der Waals surface area (Å²) in [7, 11) is 1.61. The molecular weight excluding hydrogens is 490 g/mol. The third-order valence-corrected chi connectivity index (χ3v) is 7.11. The highest BCUT2D eigenvalue weighted by Gasteiger charge is 2.27. The van der Waals surface area contributed by atoms with Gasteiger partial charge in [0.1, 0.15) is 5.75 Å². The number of aliphatic hydroxyl groups excluding tert-OH is 1. The van der Waals surface area contributed by atoms with E-state index in [9.17, 15) is 14.7 Å². The first kappa shape index (κ1) is 23.6. The average Bonchev–Trinajstić information content (AvgIpc) is 3.35. The van der Waals surface area contributed by atoms with Crippen LogP contribution < -0.4 is 21.3 Å². The van der Waals surface area contributed by atoms with Gasteiger partial charge >= 0.3 is 5.69 Å². The molecule has 1 fully saturated rings. The van der Waals surface area contributed by atoms with Crippen LogP contribution in [0.3, 0.4) is 0 Å². The number of imidazole rings is 1. The van der Waals surface area contributed by atoms with Crippen molar-refractivity contribution in [1.82, 2.24) is 18.7 Å². The fourth-order valence-electron chi connectivity index (χ4n) is 4.65. The predicted octanol–water partition coefficient (Wildman–Crippen LogP) is 2.79. The van der Waals surface area contributed by atoms with Crippen molar-refractivity contribution in [2.75, 3.05) is 19.0 Å². The fourth-order valence-corrected chi connectivity index (χ4v) is 5.24. The number of nitrogens with zero attached hydrogens (tertiary/aromatic N) is 4. The van der Waals surface area contributed by atoms with E-state index in [0.717, 1.165) is 35.0 Å². The number of anilines is 1. The molecule has 0 unspecified atom stereocenters. The van der Waals surface area contributed by atoms with Gasteiger partial charge in [-0.3, -0.25) is 18.5 Å². The number of halogens is 1. The molecule has 10 heteroatoms. The van der Waals surface area contributed by atoms with Crippen molar-refractivity contribution in [2.24, 2.45) is 5.92 Å². The van der Waals surface area contributed by atoms with Crippen molar-refractivity contribution in [2.45, 2.75) is 58.8 Å². The summed E-state index contributed by atoms with van der Waals surface area (Å²) < 4.78 is 10.6. The molecular formula is C23H30BrN5O4. The molecule has 3 aromatic rings. The highest BCUT2D eigenvalue weighted by molar-refractivity contribution is 9.10. The number of ether oxygens (including phenoxy) is 1. The molecule has 1 aliphatic rings. The van der Waals surface area contributed by atoms with Crippen LogP contribution in [0.1, 0.15) is 38.7 Å². The monoisotopic (exact) mass is 519 g/mol. The van der Waals surface area contributed by atoms with Crippen molar-refractivity contribution in [3.63, 3.8) is 0 Å². The molecule has 9 nitrogen and oxygen atoms in total. The molecule has 0 amide bonds. The zero-order chi connectivity index (χ0) is 23.7. The van der Waals surface area contributed by atoms with Gasteiger partial charge in [0, 0.05) is 12.6 Å². The van der Waals surface area contributed by atoms with E-state index in [0.29, 0.717) is 29.6 Å². The summed E-state index contributed by atoms with van der Waals surface area (Å²) in [6, 6.07) is 6.01. The molecule has 1 aromatic carbocycles. The van der Waals surface area contributed by atoms with Crippen molar-refractivity contribution < 1.29 is 9.84 Å². The van der Waals surface area contributed by atoms with Gasteiger partial charge in [-0.15, -0.1) is 0 Å². The Kier molecular flexibility index (Phi) is 6.94. The van der Waals surface area contributed by atoms with E-state index in [1.165, 1.54) is 9.13 Å². The molecule has 1 aliphatic carbocycles. The Bertz CT molecular complexity index is 1280. The second kappa shape index (κ2) is 9.72. The van der Waals surface area contributed by atoms with Crippen molar-refractivity contribution in [3.8, 4) is 5.75 Å². The van der Waals surface area contributed by atoms with Gasteiger partial charge in [-0.25, -0.2) is 4.79 Å². The Hall–Kier alpha value is -2.59. The molecule has 2 heterocycles. The quantitative estimate of drug-likeness (QED) is 0.474. The number of nitrogens with one attached hydrogen (secondary N) is 1. The molecule has 1 saturated carbocycles. The van der Waals surface area contributed by atoms with Crippen molar-refractivity contribution >= 4 is 33.0 Å². The first-order valence-electron chi connectivity index (χ1n) is 11.3. The van der Waals surface area contributed by atoms with Crippen LogP contribution in [0.5, 0.6) is 5.75 Å². The van der Waals surface area contributed by atoms with Crippen LogP contribution in [0.15, 0.2) is 32.3 Å². The lowest BCUT2D eigenvalue weighted by molar-refractivity contribution is 0.274. The van der Waals surface area contributed by atoms with Crippen LogP contribution in [0.4, 0.5) is 5.95 Å². The highest BCUT2D eigenvalue weighted by Crippen LogP contribution is 2.30. The molecule has 0 bridgehead atoms. The topological polar surface area (TPSA) is 103 Å². The van der Waals surface area contributed by atoms with Crippen LogP contribution in [0.25, 0.3) is 11.2 Å². The molecule has 33 heavy (non-hydrogen) atoms. The van der Waals surface area contributed by atoms with Crippen LogP contribution in [-0.4, -0.2) is 43.6 Å². The van der Waals surface area contributed by atoms with E-state index >= 15 is 0 Å². The lowest BCUT2D eigenvalue weighted by atomic mass is 10.1. The summed E-state index contributed by atoms with van der Waals surface area (Å²) in [4.78, 5) is 31.1. The normalized spacial score (nSPS) is 18.2. The average molecular weight is 520 g/mol. The van der Waals surface area contributed by atoms with Gasteiger partial charge in [0.2, 0.25) is 5.95 Å². The van der Waals surface area contributed by atoms with Crippen molar-refractivity contribution in [3.05, 3.63) is 49.1 Å². The molecule has 2 aromatic heterocycles. The summed E-state index contributed by atoms with van der Waals surface area (Å²) in [5, 5.41) is 13.1. The van der Waals surface area contributed by atoms with E-state index in [1.54, 1.807) is 14.0 Å². The van der Waals surface area contributed by atoms with Gasteiger partial charge in [-0.05, 0) is 59.3 Å². The van der Waals surface area contributed by atoms with Crippen LogP contribution in [0, 0.1) is 5.92 Å². The minimum Gasteiger partial charge on any atom is -0.496 e. The Morgan fingerprint density at radius 1 is 1.24 bits per heavy atom. The Balaban J connectivity index is 1.93. The number of methoxy groups -OCH3 is 1. The number of fused-ring (bicyclic) bond motifs is 1. The molecule has 0 spiro atoms. The highest BCUT2D eigenvalue weighted by atomic mass is 79.9. The molecule has 0 radical (unpaired) electrons. The Labute approximate surface area is 200 Å². The molecule has 178 valence electrons. The van der Waals surface area contributed by atoms with Crippen LogP contribution in [-0.2, 0) is 19.6 Å². The maximum Gasteiger partial charge on any atom is 0.332 e. The number of aliphatic hydroxyl groups is 1. The summed E-state index contributed by atoms with van der Waals surface area (Å²) >= 11 is 3.53. The maximum atomic E-state index is 13.4. The van der Waals surface area contributed by atoms with Gasteiger partial charge < -0.3 is 15.2 Å². The minimum atomic E-state index is -0.457. The smallest absolute Gasteiger partial charge is 0.332 e. The predicted molar refractivity (Wildman–Crippen MR) is 131 cm³/mol. The molecule has 2 atom stereocenters. The summed E-state index contributed by atoms with van der Waals surface area (Å²) in [5.41, 5.74) is 0.766. The number of aromatic nitrogens is 4. The Morgan fingerprint density at radius 3 is 2.64 bits per heavy atom. The third kappa shape index (κ3) is 4.33. The van der Waals surface area contributed by atoms with Crippen LogP contribution >= 0.6 is 15.9 Å². The zero-order valence-electron chi connectivity index (χ0n) is 19.2. The largest absolute Gasteiger partial charge is 0.496 e. The zero-order valence-corrected chi connectivity index (χ0v) is 20.8. The molecule has 4 rings (SSSR count). The van der Waals surface area contributed by atoms with Gasteiger partial charge in [0.05, 0.1) is 31.3 Å². The standard InChI is InChI=1S/C23H30BrN5O4/c1-4-27-21(31)19-20(28(10-11-30)23(27)32)26-22(25-17-7-5-6-14(17)2)29(19)13-15-8-9-18(33-3)16(24)12-15/h8-9,12,14,17,30H,4-7,10-11,13H2,1-3H3,(H,25,26)/t14-,17-/m1/s1. The lowest BCUT2D eigenvalue weighted by Crippen LogP contribution is -2.40. The minimum absolute atomic E-state index is 0.0694. The number of hydrogen-bond acceptors (Lipinski definition) is 6.